The number of likely N-dealkylation sites (N-methyl/N-ethyl adjacent to an activating group) is 1. The van der Waals surface area contributed by atoms with Gasteiger partial charge in [0.25, 0.3) is 11.8 Å². The quantitative estimate of drug-likeness (QED) is 0.167. The smallest absolute Gasteiger partial charge is 0.336 e. The second-order valence-electron chi connectivity index (χ2n) is 11.2. The topological polar surface area (TPSA) is 123 Å². The largest absolute Gasteiger partial charge is 0.478 e. The van der Waals surface area contributed by atoms with Crippen LogP contribution in [-0.2, 0) is 9.63 Å². The molecule has 2 amide bonds. The third-order valence-electron chi connectivity index (χ3n) is 8.18. The third kappa shape index (κ3) is 6.61. The van der Waals surface area contributed by atoms with Crippen molar-refractivity contribution in [2.45, 2.75) is 32.9 Å². The lowest BCUT2D eigenvalue weighted by molar-refractivity contribution is -0.110. The van der Waals surface area contributed by atoms with Gasteiger partial charge in [0.2, 0.25) is 0 Å². The molecule has 3 aromatic rings. The van der Waals surface area contributed by atoms with E-state index in [0.29, 0.717) is 58.0 Å². The fourth-order valence-corrected chi connectivity index (χ4v) is 5.58. The van der Waals surface area contributed by atoms with Crippen LogP contribution in [0.1, 0.15) is 51.3 Å². The van der Waals surface area contributed by atoms with Gasteiger partial charge in [0, 0.05) is 48.5 Å². The molecule has 10 heteroatoms. The molecule has 0 aliphatic carbocycles. The lowest BCUT2D eigenvalue weighted by Gasteiger charge is -2.42. The highest BCUT2D eigenvalue weighted by Crippen LogP contribution is 2.39. The number of aryl methyl sites for hydroxylation is 1. The van der Waals surface area contributed by atoms with Crippen LogP contribution in [0.5, 0.6) is 0 Å². The number of hydroxylamine groups is 1. The molecular formula is C33H37N5O5. The summed E-state index contributed by atoms with van der Waals surface area (Å²) in [7, 11) is 2.15. The highest BCUT2D eigenvalue weighted by molar-refractivity contribution is 6.37. The van der Waals surface area contributed by atoms with Crippen LogP contribution in [0, 0.1) is 6.92 Å². The molecule has 4 N–H and O–H groups in total. The van der Waals surface area contributed by atoms with Gasteiger partial charge in [-0.2, -0.15) is 0 Å². The van der Waals surface area contributed by atoms with E-state index in [0.717, 1.165) is 25.2 Å². The minimum absolute atomic E-state index is 0.135. The van der Waals surface area contributed by atoms with Crippen LogP contribution in [0.15, 0.2) is 66.7 Å². The number of piperazine rings is 1. The Morgan fingerprint density at radius 2 is 1.67 bits per heavy atom. The Hall–Kier alpha value is -4.51. The number of carbonyl (C=O) groups is 3. The Kier molecular flexibility index (Phi) is 8.91. The molecular weight excluding hydrogens is 546 g/mol. The maximum absolute atomic E-state index is 13.2. The number of rotatable bonds is 9. The molecule has 2 aliphatic heterocycles. The summed E-state index contributed by atoms with van der Waals surface area (Å²) in [5.74, 6) is -1.73. The van der Waals surface area contributed by atoms with Crippen molar-refractivity contribution in [1.29, 1.82) is 0 Å². The number of anilines is 2. The van der Waals surface area contributed by atoms with Crippen LogP contribution in [0.4, 0.5) is 11.4 Å². The number of fused-ring (bicyclic) bond motifs is 1. The van der Waals surface area contributed by atoms with Crippen molar-refractivity contribution < 1.29 is 24.3 Å². The number of hydrogen-bond donors (Lipinski definition) is 4. The van der Waals surface area contributed by atoms with Gasteiger partial charge < -0.3 is 15.7 Å². The molecule has 2 atom stereocenters. The van der Waals surface area contributed by atoms with Gasteiger partial charge >= 0.3 is 5.97 Å². The van der Waals surface area contributed by atoms with Gasteiger partial charge in [-0.15, -0.1) is 0 Å². The molecule has 1 saturated heterocycles. The first-order valence-electron chi connectivity index (χ1n) is 14.3. The maximum Gasteiger partial charge on any atom is 0.336 e. The molecule has 3 aromatic carbocycles. The van der Waals surface area contributed by atoms with Crippen LogP contribution in [0.2, 0.25) is 0 Å². The Labute approximate surface area is 251 Å². The molecule has 0 bridgehead atoms. The van der Waals surface area contributed by atoms with Crippen LogP contribution in [-0.4, -0.2) is 78.1 Å². The van der Waals surface area contributed by atoms with Crippen LogP contribution < -0.4 is 16.1 Å². The van der Waals surface area contributed by atoms with Crippen molar-refractivity contribution in [2.24, 2.45) is 0 Å². The summed E-state index contributed by atoms with van der Waals surface area (Å²) >= 11 is 0. The van der Waals surface area contributed by atoms with E-state index in [2.05, 4.69) is 46.8 Å². The molecule has 43 heavy (non-hydrogen) atoms. The zero-order valence-electron chi connectivity index (χ0n) is 24.8. The molecule has 0 aromatic heterocycles. The minimum atomic E-state index is -1.05. The van der Waals surface area contributed by atoms with Crippen molar-refractivity contribution in [3.63, 3.8) is 0 Å². The summed E-state index contributed by atoms with van der Waals surface area (Å²) < 4.78 is 0. The summed E-state index contributed by atoms with van der Waals surface area (Å²) in [5, 5.41) is 15.7. The Balaban J connectivity index is 1.29. The monoisotopic (exact) mass is 583 g/mol. The molecule has 2 aliphatic rings. The van der Waals surface area contributed by atoms with Gasteiger partial charge in [0.15, 0.2) is 0 Å². The van der Waals surface area contributed by atoms with Gasteiger partial charge in [-0.05, 0) is 75.3 Å². The summed E-state index contributed by atoms with van der Waals surface area (Å²) in [6, 6.07) is 20.5. The summed E-state index contributed by atoms with van der Waals surface area (Å²) in [6.45, 7) is 9.18. The number of nitrogens with one attached hydrogen (secondary N) is 3. The molecule has 2 heterocycles. The number of aromatic carboxylic acids is 1. The van der Waals surface area contributed by atoms with E-state index < -0.39 is 5.97 Å². The zero-order chi connectivity index (χ0) is 30.7. The molecule has 0 saturated carbocycles. The Morgan fingerprint density at radius 1 is 1.00 bits per heavy atom. The predicted molar refractivity (Wildman–Crippen MR) is 167 cm³/mol. The number of benzene rings is 3. The van der Waals surface area contributed by atoms with E-state index in [-0.39, 0.29) is 17.4 Å². The molecule has 0 unspecified atom stereocenters. The van der Waals surface area contributed by atoms with Crippen molar-refractivity contribution in [2.75, 3.05) is 43.9 Å². The summed E-state index contributed by atoms with van der Waals surface area (Å²) in [4.78, 5) is 47.8. The number of amides is 2. The number of nitrogens with zero attached hydrogens (tertiary/aromatic N) is 2. The van der Waals surface area contributed by atoms with E-state index in [1.807, 2.05) is 30.3 Å². The second-order valence-corrected chi connectivity index (χ2v) is 11.2. The maximum atomic E-state index is 13.2. The normalized spacial score (nSPS) is 19.9. The van der Waals surface area contributed by atoms with Crippen molar-refractivity contribution >= 4 is 40.4 Å². The van der Waals surface area contributed by atoms with Crippen molar-refractivity contribution in [1.82, 2.24) is 15.3 Å². The van der Waals surface area contributed by atoms with Gasteiger partial charge in [0.05, 0.1) is 29.1 Å². The number of hydrogen-bond acceptors (Lipinski definition) is 7. The molecule has 0 spiro atoms. The van der Waals surface area contributed by atoms with Crippen LogP contribution >= 0.6 is 0 Å². The first-order chi connectivity index (χ1) is 20.6. The molecule has 5 rings (SSSR count). The Bertz CT molecular complexity index is 1540. The average molecular weight is 584 g/mol. The summed E-state index contributed by atoms with van der Waals surface area (Å²) in [5.41, 5.74) is 7.13. The van der Waals surface area contributed by atoms with Gasteiger partial charge in [0.1, 0.15) is 0 Å². The molecule has 0 radical (unpaired) electrons. The van der Waals surface area contributed by atoms with Crippen LogP contribution in [0.3, 0.4) is 0 Å². The lowest BCUT2D eigenvalue weighted by atomic mass is 9.96. The average Bonchev–Trinajstić information content (AvgIpc) is 3.31. The summed E-state index contributed by atoms with van der Waals surface area (Å²) in [6.07, 6.45) is 0. The fraction of sp³-hybridized carbons (Fsp3) is 0.303. The fourth-order valence-electron chi connectivity index (χ4n) is 5.58. The number of carboxylic acids is 1. The highest BCUT2D eigenvalue weighted by atomic mass is 16.7. The highest BCUT2D eigenvalue weighted by Gasteiger charge is 2.30. The first-order valence-corrected chi connectivity index (χ1v) is 14.3. The van der Waals surface area contributed by atoms with Gasteiger partial charge in [-0.1, -0.05) is 30.3 Å². The van der Waals surface area contributed by atoms with E-state index in [1.54, 1.807) is 37.3 Å². The zero-order valence-corrected chi connectivity index (χ0v) is 24.8. The Morgan fingerprint density at radius 3 is 2.33 bits per heavy atom. The molecule has 10 nitrogen and oxygen atoms in total. The number of carbonyl (C=O) groups excluding carboxylic acids is 2. The second kappa shape index (κ2) is 12.8. The van der Waals surface area contributed by atoms with E-state index >= 15 is 0 Å². The lowest BCUT2D eigenvalue weighted by Crippen LogP contribution is -2.55. The first kappa shape index (κ1) is 30.0. The third-order valence-corrected chi connectivity index (χ3v) is 8.18. The molecule has 224 valence electrons. The van der Waals surface area contributed by atoms with E-state index in [9.17, 15) is 19.5 Å². The van der Waals surface area contributed by atoms with Gasteiger partial charge in [-0.25, -0.2) is 10.3 Å². The standard InChI is InChI=1S/C33H37N5O5/c1-20-16-27-28(17-26(20)33(41)42)35-32(40)29(27)30(23-8-6-5-7-9-23)34-25-12-10-24(11-13-25)31(39)36-43-15-14-38-18-21(2)37(4)22(3)19-38/h5-13,16-17,21-22,34H,14-15,18-19H2,1-4H3,(H,35,40)(H,36,39)(H,41,42)/b30-29-/t21-,22+. The van der Waals surface area contributed by atoms with Crippen molar-refractivity contribution in [3.05, 3.63) is 94.5 Å². The van der Waals surface area contributed by atoms with Crippen LogP contribution in [0.25, 0.3) is 11.3 Å². The van der Waals surface area contributed by atoms with Crippen molar-refractivity contribution in [3.8, 4) is 0 Å². The predicted octanol–water partition coefficient (Wildman–Crippen LogP) is 4.31. The van der Waals surface area contributed by atoms with E-state index in [1.165, 1.54) is 6.07 Å². The van der Waals surface area contributed by atoms with E-state index in [4.69, 9.17) is 4.84 Å². The minimum Gasteiger partial charge on any atom is -0.478 e. The van der Waals surface area contributed by atoms with Gasteiger partial charge in [-0.3, -0.25) is 24.2 Å². The number of carboxylic acid groups (broad SMARTS) is 1. The molecule has 1 fully saturated rings. The SMILES string of the molecule is Cc1cc2c(cc1C(=O)O)NC(=O)/C2=C(\Nc1ccc(C(=O)NOCCN2C[C@@H](C)N(C)[C@@H](C)C2)cc1)c1ccccc1.